The third-order valence-electron chi connectivity index (χ3n) is 4.35. The molecule has 3 heteroatoms. The van der Waals surface area contributed by atoms with E-state index in [0.717, 1.165) is 0 Å². The lowest BCUT2D eigenvalue weighted by molar-refractivity contribution is -0.621. The Morgan fingerprint density at radius 3 is 2.48 bits per heavy atom. The molecule has 0 N–H and O–H groups in total. The minimum atomic E-state index is 1.19. The Labute approximate surface area is 123 Å². The van der Waals surface area contributed by atoms with E-state index in [2.05, 4.69) is 89.3 Å². The van der Waals surface area contributed by atoms with Crippen molar-refractivity contribution in [3.05, 3.63) is 60.3 Å². The molecule has 2 aromatic carbocycles. The van der Waals surface area contributed by atoms with Crippen LogP contribution < -0.4 is 4.57 Å². The Kier molecular flexibility index (Phi) is 2.45. The molecule has 0 aliphatic heterocycles. The minimum absolute atomic E-state index is 1.19. The Bertz CT molecular complexity index is 973. The van der Waals surface area contributed by atoms with Crippen molar-refractivity contribution in [3.8, 4) is 11.3 Å². The molecule has 0 fully saturated rings. The SMILES string of the molecule is Cc1ccccc1-c1cn2c3ccccc3[n+](C)c2n1C. The van der Waals surface area contributed by atoms with Crippen LogP contribution in [0.3, 0.4) is 0 Å². The first-order chi connectivity index (χ1) is 10.2. The summed E-state index contributed by atoms with van der Waals surface area (Å²) in [4.78, 5) is 0. The largest absolute Gasteiger partial charge is 0.370 e. The third-order valence-corrected chi connectivity index (χ3v) is 4.35. The van der Waals surface area contributed by atoms with Gasteiger partial charge in [0.1, 0.15) is 22.9 Å². The maximum absolute atomic E-state index is 2.27. The lowest BCUT2D eigenvalue weighted by atomic mass is 10.1. The number of fused-ring (bicyclic) bond motifs is 3. The second-order valence-electron chi connectivity index (χ2n) is 5.61. The molecule has 0 aliphatic rings. The van der Waals surface area contributed by atoms with E-state index < -0.39 is 0 Å². The van der Waals surface area contributed by atoms with Crippen LogP contribution in [0.5, 0.6) is 0 Å². The zero-order chi connectivity index (χ0) is 14.6. The van der Waals surface area contributed by atoms with E-state index in [1.165, 1.54) is 33.6 Å². The van der Waals surface area contributed by atoms with Crippen LogP contribution in [-0.4, -0.2) is 8.97 Å². The lowest BCUT2D eigenvalue weighted by Crippen LogP contribution is -2.29. The minimum Gasteiger partial charge on any atom is -0.230 e. The topological polar surface area (TPSA) is 13.2 Å². The van der Waals surface area contributed by atoms with Crippen molar-refractivity contribution in [2.45, 2.75) is 6.92 Å². The van der Waals surface area contributed by atoms with Crippen LogP contribution in [0.1, 0.15) is 5.56 Å². The molecule has 4 aromatic rings. The van der Waals surface area contributed by atoms with Crippen molar-refractivity contribution >= 4 is 16.8 Å². The second-order valence-corrected chi connectivity index (χ2v) is 5.61. The standard InChI is InChI=1S/C18H18N3/c1-13-8-4-5-9-14(13)17-12-21-16-11-7-6-10-15(16)19(2)18(21)20(17)3/h4-12H,1-3H3/q+1. The van der Waals surface area contributed by atoms with Crippen LogP contribution in [0.4, 0.5) is 0 Å². The first kappa shape index (κ1) is 12.2. The van der Waals surface area contributed by atoms with Crippen molar-refractivity contribution in [1.82, 2.24) is 8.97 Å². The van der Waals surface area contributed by atoms with Gasteiger partial charge in [0.2, 0.25) is 0 Å². The van der Waals surface area contributed by atoms with Crippen molar-refractivity contribution < 1.29 is 4.57 Å². The highest BCUT2D eigenvalue weighted by molar-refractivity contribution is 5.77. The molecule has 0 saturated carbocycles. The molecule has 104 valence electrons. The zero-order valence-electron chi connectivity index (χ0n) is 12.5. The van der Waals surface area contributed by atoms with Gasteiger partial charge in [-0.25, -0.2) is 9.13 Å². The molecule has 0 bridgehead atoms. The summed E-state index contributed by atoms with van der Waals surface area (Å²) in [6.45, 7) is 2.16. The van der Waals surface area contributed by atoms with Gasteiger partial charge in [0.05, 0.1) is 14.1 Å². The van der Waals surface area contributed by atoms with Gasteiger partial charge in [-0.3, -0.25) is 0 Å². The number of imidazole rings is 2. The van der Waals surface area contributed by atoms with Crippen LogP contribution in [0, 0.1) is 6.92 Å². The highest BCUT2D eigenvalue weighted by Gasteiger charge is 2.22. The van der Waals surface area contributed by atoms with Gasteiger partial charge in [-0.1, -0.05) is 36.4 Å². The number of para-hydroxylation sites is 2. The summed E-state index contributed by atoms with van der Waals surface area (Å²) in [5, 5.41) is 0. The summed E-state index contributed by atoms with van der Waals surface area (Å²) in [5.74, 6) is 1.19. The molecule has 0 radical (unpaired) electrons. The fraction of sp³-hybridized carbons (Fsp3) is 0.167. The number of benzene rings is 2. The Balaban J connectivity index is 2.12. The van der Waals surface area contributed by atoms with Gasteiger partial charge in [0.25, 0.3) is 0 Å². The molecular formula is C18H18N3+. The number of nitrogens with zero attached hydrogens (tertiary/aromatic N) is 3. The average molecular weight is 276 g/mol. The van der Waals surface area contributed by atoms with E-state index in [4.69, 9.17) is 0 Å². The summed E-state index contributed by atoms with van der Waals surface area (Å²) in [6, 6.07) is 17.0. The maximum Gasteiger partial charge on any atom is 0.370 e. The summed E-state index contributed by atoms with van der Waals surface area (Å²) in [7, 11) is 4.26. The van der Waals surface area contributed by atoms with Crippen LogP contribution in [-0.2, 0) is 14.1 Å². The Hall–Kier alpha value is -2.55. The van der Waals surface area contributed by atoms with Crippen LogP contribution in [0.2, 0.25) is 0 Å². The summed E-state index contributed by atoms with van der Waals surface area (Å²) in [6.07, 6.45) is 2.24. The molecule has 0 atom stereocenters. The van der Waals surface area contributed by atoms with E-state index in [1.54, 1.807) is 0 Å². The van der Waals surface area contributed by atoms with E-state index in [1.807, 2.05) is 0 Å². The molecule has 0 amide bonds. The van der Waals surface area contributed by atoms with Crippen LogP contribution in [0.15, 0.2) is 54.7 Å². The zero-order valence-corrected chi connectivity index (χ0v) is 12.5. The fourth-order valence-electron chi connectivity index (χ4n) is 3.27. The smallest absolute Gasteiger partial charge is 0.230 e. The molecule has 3 nitrogen and oxygen atoms in total. The van der Waals surface area contributed by atoms with E-state index >= 15 is 0 Å². The molecule has 2 aromatic heterocycles. The van der Waals surface area contributed by atoms with Gasteiger partial charge >= 0.3 is 5.78 Å². The van der Waals surface area contributed by atoms with E-state index in [-0.39, 0.29) is 0 Å². The quantitative estimate of drug-likeness (QED) is 0.474. The molecule has 0 spiro atoms. The van der Waals surface area contributed by atoms with Gasteiger partial charge in [0.15, 0.2) is 0 Å². The first-order valence-corrected chi connectivity index (χ1v) is 7.19. The van der Waals surface area contributed by atoms with Crippen molar-refractivity contribution in [3.63, 3.8) is 0 Å². The van der Waals surface area contributed by atoms with Gasteiger partial charge in [-0.05, 0) is 24.6 Å². The molecule has 0 unspecified atom stereocenters. The van der Waals surface area contributed by atoms with Gasteiger partial charge in [-0.2, -0.15) is 4.40 Å². The second kappa shape index (κ2) is 4.22. The highest BCUT2D eigenvalue weighted by Crippen LogP contribution is 2.26. The number of hydrogen-bond donors (Lipinski definition) is 0. The Morgan fingerprint density at radius 1 is 0.952 bits per heavy atom. The third kappa shape index (κ3) is 1.57. The predicted octanol–water partition coefficient (Wildman–Crippen LogP) is 3.23. The van der Waals surface area contributed by atoms with Gasteiger partial charge in [0, 0.05) is 5.56 Å². The van der Waals surface area contributed by atoms with Gasteiger partial charge in [-0.15, -0.1) is 0 Å². The highest BCUT2D eigenvalue weighted by atomic mass is 15.2. The van der Waals surface area contributed by atoms with E-state index in [0.29, 0.717) is 0 Å². The van der Waals surface area contributed by atoms with Crippen molar-refractivity contribution in [2.24, 2.45) is 14.1 Å². The monoisotopic (exact) mass is 276 g/mol. The molecule has 4 rings (SSSR count). The Morgan fingerprint density at radius 2 is 1.67 bits per heavy atom. The average Bonchev–Trinajstić information content (AvgIpc) is 2.97. The number of hydrogen-bond acceptors (Lipinski definition) is 0. The first-order valence-electron chi connectivity index (χ1n) is 7.19. The van der Waals surface area contributed by atoms with Crippen LogP contribution >= 0.6 is 0 Å². The fourth-order valence-corrected chi connectivity index (χ4v) is 3.27. The molecule has 0 aliphatic carbocycles. The molecule has 2 heterocycles. The van der Waals surface area contributed by atoms with Gasteiger partial charge < -0.3 is 0 Å². The molecule has 0 saturated heterocycles. The predicted molar refractivity (Wildman–Crippen MR) is 85.2 cm³/mol. The van der Waals surface area contributed by atoms with Crippen molar-refractivity contribution in [2.75, 3.05) is 0 Å². The normalized spacial score (nSPS) is 11.6. The van der Waals surface area contributed by atoms with Crippen LogP contribution in [0.25, 0.3) is 28.1 Å². The lowest BCUT2D eigenvalue weighted by Gasteiger charge is -2.02. The number of aromatic nitrogens is 3. The molecular weight excluding hydrogens is 258 g/mol. The number of aryl methyl sites for hydroxylation is 3. The number of rotatable bonds is 1. The summed E-state index contributed by atoms with van der Waals surface area (Å²) >= 11 is 0. The maximum atomic E-state index is 2.27. The summed E-state index contributed by atoms with van der Waals surface area (Å²) < 4.78 is 6.79. The van der Waals surface area contributed by atoms with E-state index in [9.17, 15) is 0 Å². The van der Waals surface area contributed by atoms with Crippen molar-refractivity contribution in [1.29, 1.82) is 0 Å². The molecule has 21 heavy (non-hydrogen) atoms. The summed E-state index contributed by atoms with van der Waals surface area (Å²) in [5.41, 5.74) is 6.32.